The second-order valence-electron chi connectivity index (χ2n) is 5.79. The maximum atomic E-state index is 4.79. The fourth-order valence-electron chi connectivity index (χ4n) is 2.55. The molecule has 0 fully saturated rings. The molecule has 1 aromatic carbocycles. The lowest BCUT2D eigenvalue weighted by Gasteiger charge is -2.04. The van der Waals surface area contributed by atoms with Crippen molar-refractivity contribution in [1.29, 1.82) is 0 Å². The van der Waals surface area contributed by atoms with Gasteiger partial charge in [-0.3, -0.25) is 0 Å². The van der Waals surface area contributed by atoms with E-state index in [9.17, 15) is 0 Å². The standard InChI is InChI=1S/C15H20N4/c1-8(2)14-16-10-6-7-11-13(12(10)17-14)18-15(9(3)4)19(11)5/h6-9H,1-5H3,(H,16,17). The molecule has 0 aliphatic heterocycles. The molecule has 3 aromatic rings. The number of fused-ring (bicyclic) bond motifs is 3. The van der Waals surface area contributed by atoms with Crippen LogP contribution in [0.25, 0.3) is 22.1 Å². The summed E-state index contributed by atoms with van der Waals surface area (Å²) in [4.78, 5) is 12.9. The number of benzene rings is 1. The van der Waals surface area contributed by atoms with Crippen LogP contribution in [0.15, 0.2) is 12.1 Å². The number of aromatic amines is 1. The van der Waals surface area contributed by atoms with Crippen LogP contribution in [0, 0.1) is 0 Å². The molecule has 0 radical (unpaired) electrons. The number of hydrogen-bond donors (Lipinski definition) is 1. The fraction of sp³-hybridized carbons (Fsp3) is 0.467. The maximum Gasteiger partial charge on any atom is 0.117 e. The zero-order valence-corrected chi connectivity index (χ0v) is 12.2. The molecule has 0 aliphatic carbocycles. The van der Waals surface area contributed by atoms with E-state index in [0.29, 0.717) is 11.8 Å². The zero-order chi connectivity index (χ0) is 13.7. The van der Waals surface area contributed by atoms with E-state index < -0.39 is 0 Å². The number of hydrogen-bond acceptors (Lipinski definition) is 2. The molecule has 0 atom stereocenters. The Balaban J connectivity index is 2.36. The van der Waals surface area contributed by atoms with E-state index in [1.54, 1.807) is 0 Å². The van der Waals surface area contributed by atoms with Crippen molar-refractivity contribution in [3.8, 4) is 0 Å². The normalized spacial score (nSPS) is 12.4. The van der Waals surface area contributed by atoms with Crippen molar-refractivity contribution in [3.05, 3.63) is 23.8 Å². The largest absolute Gasteiger partial charge is 0.342 e. The Morgan fingerprint density at radius 2 is 1.74 bits per heavy atom. The van der Waals surface area contributed by atoms with Crippen LogP contribution in [0.3, 0.4) is 0 Å². The van der Waals surface area contributed by atoms with Crippen molar-refractivity contribution in [3.63, 3.8) is 0 Å². The summed E-state index contributed by atoms with van der Waals surface area (Å²) in [7, 11) is 2.08. The monoisotopic (exact) mass is 256 g/mol. The van der Waals surface area contributed by atoms with Crippen LogP contribution in [0.2, 0.25) is 0 Å². The van der Waals surface area contributed by atoms with E-state index in [-0.39, 0.29) is 0 Å². The van der Waals surface area contributed by atoms with Crippen LogP contribution in [0.5, 0.6) is 0 Å². The van der Waals surface area contributed by atoms with E-state index in [1.807, 2.05) is 0 Å². The van der Waals surface area contributed by atoms with Gasteiger partial charge in [-0.25, -0.2) is 9.97 Å². The molecule has 0 unspecified atom stereocenters. The Morgan fingerprint density at radius 3 is 2.37 bits per heavy atom. The summed E-state index contributed by atoms with van der Waals surface area (Å²) >= 11 is 0. The van der Waals surface area contributed by atoms with Gasteiger partial charge in [0.2, 0.25) is 0 Å². The minimum absolute atomic E-state index is 0.399. The predicted octanol–water partition coefficient (Wildman–Crippen LogP) is 3.70. The second-order valence-corrected chi connectivity index (χ2v) is 5.79. The van der Waals surface area contributed by atoms with Gasteiger partial charge in [0, 0.05) is 18.9 Å². The summed E-state index contributed by atoms with van der Waals surface area (Å²) in [6.45, 7) is 8.63. The minimum atomic E-state index is 0.399. The van der Waals surface area contributed by atoms with Crippen molar-refractivity contribution in [2.75, 3.05) is 0 Å². The van der Waals surface area contributed by atoms with Gasteiger partial charge < -0.3 is 9.55 Å². The van der Waals surface area contributed by atoms with Gasteiger partial charge in [-0.15, -0.1) is 0 Å². The van der Waals surface area contributed by atoms with E-state index in [4.69, 9.17) is 9.97 Å². The number of imidazole rings is 2. The third-order valence-corrected chi connectivity index (χ3v) is 3.62. The first-order chi connectivity index (χ1) is 8.99. The van der Waals surface area contributed by atoms with E-state index in [2.05, 4.69) is 56.4 Å². The SMILES string of the molecule is CC(C)c1nc2c(ccc3c2nc(C(C)C)n3C)[nH]1. The number of nitrogens with zero attached hydrogens (tertiary/aromatic N) is 3. The van der Waals surface area contributed by atoms with Gasteiger partial charge in [-0.05, 0) is 12.1 Å². The number of H-pyrrole nitrogens is 1. The van der Waals surface area contributed by atoms with Crippen LogP contribution in [-0.2, 0) is 7.05 Å². The van der Waals surface area contributed by atoms with Crippen molar-refractivity contribution in [2.45, 2.75) is 39.5 Å². The van der Waals surface area contributed by atoms with Crippen molar-refractivity contribution in [2.24, 2.45) is 7.05 Å². The third-order valence-electron chi connectivity index (χ3n) is 3.62. The molecule has 0 amide bonds. The molecule has 2 heterocycles. The van der Waals surface area contributed by atoms with Crippen LogP contribution < -0.4 is 0 Å². The molecule has 0 aliphatic rings. The molecular formula is C15H20N4. The van der Waals surface area contributed by atoms with E-state index >= 15 is 0 Å². The molecule has 19 heavy (non-hydrogen) atoms. The summed E-state index contributed by atoms with van der Waals surface area (Å²) in [5.41, 5.74) is 4.22. The zero-order valence-electron chi connectivity index (χ0n) is 12.2. The van der Waals surface area contributed by atoms with Crippen molar-refractivity contribution in [1.82, 2.24) is 19.5 Å². The fourth-order valence-corrected chi connectivity index (χ4v) is 2.55. The first kappa shape index (κ1) is 12.2. The molecule has 4 heteroatoms. The lowest BCUT2D eigenvalue weighted by molar-refractivity contribution is 0.722. The van der Waals surface area contributed by atoms with Crippen LogP contribution in [0.1, 0.15) is 51.2 Å². The Labute approximate surface area is 112 Å². The van der Waals surface area contributed by atoms with Gasteiger partial charge in [0.1, 0.15) is 22.7 Å². The third kappa shape index (κ3) is 1.74. The highest BCUT2D eigenvalue weighted by Gasteiger charge is 2.16. The molecule has 0 saturated heterocycles. The molecule has 0 bridgehead atoms. The average Bonchev–Trinajstić information content (AvgIpc) is 2.90. The van der Waals surface area contributed by atoms with Gasteiger partial charge in [0.15, 0.2) is 0 Å². The van der Waals surface area contributed by atoms with Crippen molar-refractivity contribution >= 4 is 22.1 Å². The molecule has 0 spiro atoms. The summed E-state index contributed by atoms with van der Waals surface area (Å²) in [5, 5.41) is 0. The van der Waals surface area contributed by atoms with Crippen LogP contribution >= 0.6 is 0 Å². The first-order valence-corrected chi connectivity index (χ1v) is 6.84. The molecule has 4 nitrogen and oxygen atoms in total. The smallest absolute Gasteiger partial charge is 0.117 e. The molecule has 2 aromatic heterocycles. The summed E-state index contributed by atoms with van der Waals surface area (Å²) < 4.78 is 2.17. The lowest BCUT2D eigenvalue weighted by Crippen LogP contribution is -1.99. The topological polar surface area (TPSA) is 46.5 Å². The molecule has 1 N–H and O–H groups in total. The van der Waals surface area contributed by atoms with Crippen LogP contribution in [0.4, 0.5) is 0 Å². The summed E-state index contributed by atoms with van der Waals surface area (Å²) in [5.74, 6) is 2.95. The first-order valence-electron chi connectivity index (χ1n) is 6.84. The number of rotatable bonds is 2. The predicted molar refractivity (Wildman–Crippen MR) is 78.5 cm³/mol. The highest BCUT2D eigenvalue weighted by Crippen LogP contribution is 2.27. The molecule has 100 valence electrons. The number of aromatic nitrogens is 4. The summed E-state index contributed by atoms with van der Waals surface area (Å²) in [6.07, 6.45) is 0. The Kier molecular flexibility index (Phi) is 2.62. The van der Waals surface area contributed by atoms with Gasteiger partial charge in [-0.1, -0.05) is 27.7 Å². The highest BCUT2D eigenvalue weighted by atomic mass is 15.1. The average molecular weight is 256 g/mol. The maximum absolute atomic E-state index is 4.79. The molecular weight excluding hydrogens is 236 g/mol. The lowest BCUT2D eigenvalue weighted by atomic mass is 10.2. The van der Waals surface area contributed by atoms with Gasteiger partial charge in [-0.2, -0.15) is 0 Å². The highest BCUT2D eigenvalue weighted by molar-refractivity contribution is 6.00. The van der Waals surface area contributed by atoms with Crippen molar-refractivity contribution < 1.29 is 0 Å². The Morgan fingerprint density at radius 1 is 1.00 bits per heavy atom. The van der Waals surface area contributed by atoms with Gasteiger partial charge in [0.25, 0.3) is 0 Å². The van der Waals surface area contributed by atoms with Crippen LogP contribution in [-0.4, -0.2) is 19.5 Å². The van der Waals surface area contributed by atoms with Gasteiger partial charge >= 0.3 is 0 Å². The second kappa shape index (κ2) is 4.08. The van der Waals surface area contributed by atoms with E-state index in [0.717, 1.165) is 33.7 Å². The quantitative estimate of drug-likeness (QED) is 0.760. The molecule has 0 saturated carbocycles. The van der Waals surface area contributed by atoms with Gasteiger partial charge in [0.05, 0.1) is 11.0 Å². The number of aryl methyl sites for hydroxylation is 1. The minimum Gasteiger partial charge on any atom is -0.342 e. The molecule has 3 rings (SSSR count). The Hall–Kier alpha value is -1.84. The Bertz CT molecular complexity index is 746. The number of nitrogens with one attached hydrogen (secondary N) is 1. The summed E-state index contributed by atoms with van der Waals surface area (Å²) in [6, 6.07) is 4.22. The van der Waals surface area contributed by atoms with E-state index in [1.165, 1.54) is 0 Å².